The number of hydrogen-bond acceptors (Lipinski definition) is 3. The van der Waals surface area contributed by atoms with E-state index in [0.717, 1.165) is 36.0 Å². The Labute approximate surface area is 93.7 Å². The summed E-state index contributed by atoms with van der Waals surface area (Å²) in [6, 6.07) is 6.24. The molecule has 0 saturated carbocycles. The predicted molar refractivity (Wildman–Crippen MR) is 62.8 cm³/mol. The Kier molecular flexibility index (Phi) is 2.06. The van der Waals surface area contributed by atoms with Crippen LogP contribution in [0.3, 0.4) is 0 Å². The second-order valence-corrected chi connectivity index (χ2v) is 3.82. The summed E-state index contributed by atoms with van der Waals surface area (Å²) in [7, 11) is 1.85. The number of H-pyrrole nitrogens is 1. The Morgan fingerprint density at radius 3 is 3.19 bits per heavy atom. The number of imidazole rings is 1. The maximum absolute atomic E-state index is 5.48. The third-order valence-electron chi connectivity index (χ3n) is 2.81. The summed E-state index contributed by atoms with van der Waals surface area (Å²) >= 11 is 0. The fraction of sp³-hybridized carbons (Fsp3) is 0.250. The van der Waals surface area contributed by atoms with E-state index in [9.17, 15) is 0 Å². The first-order chi connectivity index (χ1) is 7.86. The van der Waals surface area contributed by atoms with Crippen molar-refractivity contribution in [1.29, 1.82) is 0 Å². The summed E-state index contributed by atoms with van der Waals surface area (Å²) in [6.45, 7) is 0.795. The smallest absolute Gasteiger partial charge is 0.200 e. The van der Waals surface area contributed by atoms with Crippen molar-refractivity contribution in [3.05, 3.63) is 30.0 Å². The van der Waals surface area contributed by atoms with Crippen LogP contribution in [-0.4, -0.2) is 23.6 Å². The van der Waals surface area contributed by atoms with Gasteiger partial charge >= 0.3 is 0 Å². The maximum Gasteiger partial charge on any atom is 0.200 e. The molecule has 0 spiro atoms. The molecule has 3 rings (SSSR count). The molecule has 0 aliphatic carbocycles. The van der Waals surface area contributed by atoms with Gasteiger partial charge in [-0.25, -0.2) is 4.98 Å². The first kappa shape index (κ1) is 9.27. The van der Waals surface area contributed by atoms with Crippen LogP contribution in [0.5, 0.6) is 5.75 Å². The predicted octanol–water partition coefficient (Wildman–Crippen LogP) is 2.05. The molecule has 1 aromatic carbocycles. The quantitative estimate of drug-likeness (QED) is 0.806. The summed E-state index contributed by atoms with van der Waals surface area (Å²) < 4.78 is 5.48. The Hall–Kier alpha value is -1.97. The molecule has 2 N–H and O–H groups in total. The number of anilines is 1. The zero-order valence-electron chi connectivity index (χ0n) is 9.08. The highest BCUT2D eigenvalue weighted by molar-refractivity contribution is 5.63. The van der Waals surface area contributed by atoms with E-state index in [-0.39, 0.29) is 0 Å². The van der Waals surface area contributed by atoms with Gasteiger partial charge < -0.3 is 15.0 Å². The number of aromatic nitrogens is 2. The number of rotatable bonds is 2. The minimum atomic E-state index is 0.784. The fourth-order valence-corrected chi connectivity index (χ4v) is 1.95. The van der Waals surface area contributed by atoms with Crippen LogP contribution in [0, 0.1) is 0 Å². The van der Waals surface area contributed by atoms with E-state index < -0.39 is 0 Å². The highest BCUT2D eigenvalue weighted by Gasteiger charge is 2.13. The van der Waals surface area contributed by atoms with Crippen molar-refractivity contribution >= 4 is 5.95 Å². The molecule has 4 nitrogen and oxygen atoms in total. The van der Waals surface area contributed by atoms with Crippen LogP contribution in [0.15, 0.2) is 24.4 Å². The lowest BCUT2D eigenvalue weighted by molar-refractivity contribution is 0.357. The number of nitrogens with one attached hydrogen (secondary N) is 2. The summed E-state index contributed by atoms with van der Waals surface area (Å²) in [6.07, 6.45) is 2.83. The van der Waals surface area contributed by atoms with Gasteiger partial charge in [0.2, 0.25) is 0 Å². The molecule has 4 heteroatoms. The maximum atomic E-state index is 5.48. The summed E-state index contributed by atoms with van der Waals surface area (Å²) in [4.78, 5) is 7.41. The minimum absolute atomic E-state index is 0.784. The van der Waals surface area contributed by atoms with E-state index in [1.54, 1.807) is 0 Å². The van der Waals surface area contributed by atoms with Crippen molar-refractivity contribution in [3.8, 4) is 17.0 Å². The van der Waals surface area contributed by atoms with Crippen LogP contribution in [-0.2, 0) is 6.42 Å². The van der Waals surface area contributed by atoms with Crippen LogP contribution >= 0.6 is 0 Å². The molecule has 2 aromatic rings. The average Bonchev–Trinajstić information content (AvgIpc) is 2.96. The molecular weight excluding hydrogens is 202 g/mol. The molecule has 1 aromatic heterocycles. The summed E-state index contributed by atoms with van der Waals surface area (Å²) in [5.74, 6) is 1.80. The summed E-state index contributed by atoms with van der Waals surface area (Å²) in [5.41, 5.74) is 3.45. The Balaban J connectivity index is 2.00. The van der Waals surface area contributed by atoms with Crippen molar-refractivity contribution in [2.45, 2.75) is 6.42 Å². The normalized spacial score (nSPS) is 13.3. The Morgan fingerprint density at radius 1 is 1.44 bits per heavy atom. The van der Waals surface area contributed by atoms with E-state index in [1.807, 2.05) is 19.3 Å². The zero-order chi connectivity index (χ0) is 11.0. The molecule has 16 heavy (non-hydrogen) atoms. The molecule has 0 atom stereocenters. The minimum Gasteiger partial charge on any atom is -0.493 e. The van der Waals surface area contributed by atoms with Gasteiger partial charge in [-0.05, 0) is 23.8 Å². The molecule has 82 valence electrons. The van der Waals surface area contributed by atoms with Crippen molar-refractivity contribution in [2.24, 2.45) is 0 Å². The Bertz CT molecular complexity index is 519. The first-order valence-electron chi connectivity index (χ1n) is 5.35. The van der Waals surface area contributed by atoms with Gasteiger partial charge in [0, 0.05) is 19.0 Å². The van der Waals surface area contributed by atoms with E-state index in [4.69, 9.17) is 4.74 Å². The summed E-state index contributed by atoms with van der Waals surface area (Å²) in [5, 5.41) is 2.98. The van der Waals surface area contributed by atoms with E-state index in [0.29, 0.717) is 0 Å². The molecule has 0 fully saturated rings. The van der Waals surface area contributed by atoms with E-state index >= 15 is 0 Å². The third kappa shape index (κ3) is 1.43. The molecule has 2 heterocycles. The van der Waals surface area contributed by atoms with Gasteiger partial charge in [0.05, 0.1) is 18.5 Å². The van der Waals surface area contributed by atoms with E-state index in [1.165, 1.54) is 5.56 Å². The zero-order valence-corrected chi connectivity index (χ0v) is 9.08. The van der Waals surface area contributed by atoms with Crippen LogP contribution in [0.4, 0.5) is 5.95 Å². The molecule has 1 aliphatic rings. The van der Waals surface area contributed by atoms with Gasteiger partial charge in [0.15, 0.2) is 5.95 Å². The topological polar surface area (TPSA) is 49.9 Å². The van der Waals surface area contributed by atoms with Gasteiger partial charge in [-0.15, -0.1) is 0 Å². The monoisotopic (exact) mass is 215 g/mol. The molecule has 0 amide bonds. The lowest BCUT2D eigenvalue weighted by Crippen LogP contribution is -1.89. The highest BCUT2D eigenvalue weighted by Crippen LogP contribution is 2.29. The Morgan fingerprint density at radius 2 is 2.38 bits per heavy atom. The van der Waals surface area contributed by atoms with Crippen molar-refractivity contribution < 1.29 is 4.74 Å². The molecule has 1 aliphatic heterocycles. The van der Waals surface area contributed by atoms with Gasteiger partial charge in [-0.2, -0.15) is 0 Å². The van der Waals surface area contributed by atoms with Gasteiger partial charge in [-0.1, -0.05) is 0 Å². The SMILES string of the molecule is CNc1ncc(-c2ccc3c(c2)CCO3)[nH]1. The first-order valence-corrected chi connectivity index (χ1v) is 5.35. The van der Waals surface area contributed by atoms with Crippen LogP contribution in [0.1, 0.15) is 5.56 Å². The van der Waals surface area contributed by atoms with Crippen LogP contribution in [0.2, 0.25) is 0 Å². The van der Waals surface area contributed by atoms with Crippen molar-refractivity contribution in [2.75, 3.05) is 19.0 Å². The van der Waals surface area contributed by atoms with Crippen molar-refractivity contribution in [1.82, 2.24) is 9.97 Å². The standard InChI is InChI=1S/C12H13N3O/c1-13-12-14-7-10(15-12)8-2-3-11-9(6-8)4-5-16-11/h2-3,6-7H,4-5H2,1H3,(H2,13,14,15). The number of fused-ring (bicyclic) bond motifs is 1. The van der Waals surface area contributed by atoms with Crippen molar-refractivity contribution in [3.63, 3.8) is 0 Å². The number of aromatic amines is 1. The number of benzene rings is 1. The van der Waals surface area contributed by atoms with Crippen LogP contribution < -0.4 is 10.1 Å². The third-order valence-corrected chi connectivity index (χ3v) is 2.81. The number of hydrogen-bond donors (Lipinski definition) is 2. The number of nitrogens with zero attached hydrogens (tertiary/aromatic N) is 1. The van der Waals surface area contributed by atoms with Gasteiger partial charge in [0.1, 0.15) is 5.75 Å². The molecule has 0 saturated heterocycles. The van der Waals surface area contributed by atoms with Gasteiger partial charge in [-0.3, -0.25) is 0 Å². The number of ether oxygens (including phenoxy) is 1. The molecule has 0 unspecified atom stereocenters. The molecular formula is C12H13N3O. The lowest BCUT2D eigenvalue weighted by Gasteiger charge is -2.01. The molecule has 0 bridgehead atoms. The van der Waals surface area contributed by atoms with E-state index in [2.05, 4.69) is 27.4 Å². The second-order valence-electron chi connectivity index (χ2n) is 3.82. The largest absolute Gasteiger partial charge is 0.493 e. The molecule has 0 radical (unpaired) electrons. The highest BCUT2D eigenvalue weighted by atomic mass is 16.5. The average molecular weight is 215 g/mol. The van der Waals surface area contributed by atoms with Gasteiger partial charge in [0.25, 0.3) is 0 Å². The fourth-order valence-electron chi connectivity index (χ4n) is 1.95. The second kappa shape index (κ2) is 3.56. The van der Waals surface area contributed by atoms with Crippen LogP contribution in [0.25, 0.3) is 11.3 Å². The lowest BCUT2D eigenvalue weighted by atomic mass is 10.1.